The summed E-state index contributed by atoms with van der Waals surface area (Å²) in [5.41, 5.74) is 0.968. The maximum Gasteiger partial charge on any atom is 0.327 e. The molecule has 0 N–H and O–H groups in total. The Balaban J connectivity index is 1.49. The van der Waals surface area contributed by atoms with Crippen molar-refractivity contribution in [1.29, 1.82) is 0 Å². The zero-order chi connectivity index (χ0) is 16.9. The number of amides is 3. The molecule has 24 heavy (non-hydrogen) atoms. The number of urea groups is 1. The lowest BCUT2D eigenvalue weighted by Crippen LogP contribution is -2.39. The highest BCUT2D eigenvalue weighted by molar-refractivity contribution is 6.30. The molecule has 6 nitrogen and oxygen atoms in total. The van der Waals surface area contributed by atoms with Crippen molar-refractivity contribution in [3.8, 4) is 0 Å². The molecule has 2 aliphatic heterocycles. The molecule has 0 unspecified atom stereocenters. The summed E-state index contributed by atoms with van der Waals surface area (Å²) in [6, 6.07) is 7.14. The Morgan fingerprint density at radius 3 is 2.46 bits per heavy atom. The average Bonchev–Trinajstić information content (AvgIpc) is 2.85. The van der Waals surface area contributed by atoms with Crippen LogP contribution in [0.5, 0.6) is 0 Å². The van der Waals surface area contributed by atoms with Crippen molar-refractivity contribution in [3.05, 3.63) is 34.9 Å². The lowest BCUT2D eigenvalue weighted by atomic mass is 10.2. The molecule has 0 atom stereocenters. The standard InChI is InChI=1S/C17H22ClN3O3/c18-15-4-2-14(3-5-15)12-20-13-16(22)21(17(20)23)7-1-6-19-8-10-24-11-9-19/h2-5H,1,6-13H2. The lowest BCUT2D eigenvalue weighted by Gasteiger charge is -2.27. The van der Waals surface area contributed by atoms with Crippen molar-refractivity contribution in [1.82, 2.24) is 14.7 Å². The summed E-state index contributed by atoms with van der Waals surface area (Å²) < 4.78 is 5.32. The SMILES string of the molecule is O=C1CN(Cc2ccc(Cl)cc2)C(=O)N1CCCN1CCOCC1. The van der Waals surface area contributed by atoms with Gasteiger partial charge in [0.25, 0.3) is 0 Å². The molecule has 0 radical (unpaired) electrons. The second-order valence-electron chi connectivity index (χ2n) is 6.12. The Morgan fingerprint density at radius 1 is 1.04 bits per heavy atom. The Kier molecular flexibility index (Phi) is 5.71. The number of benzene rings is 1. The molecule has 0 bridgehead atoms. The van der Waals surface area contributed by atoms with Crippen LogP contribution < -0.4 is 0 Å². The molecule has 3 amide bonds. The van der Waals surface area contributed by atoms with Crippen LogP contribution in [0.25, 0.3) is 0 Å². The maximum absolute atomic E-state index is 12.4. The molecule has 130 valence electrons. The van der Waals surface area contributed by atoms with Gasteiger partial charge in [-0.1, -0.05) is 23.7 Å². The Labute approximate surface area is 146 Å². The van der Waals surface area contributed by atoms with E-state index < -0.39 is 0 Å². The lowest BCUT2D eigenvalue weighted by molar-refractivity contribution is -0.125. The molecule has 2 saturated heterocycles. The van der Waals surface area contributed by atoms with Gasteiger partial charge in [0, 0.05) is 37.7 Å². The third-order valence-corrected chi connectivity index (χ3v) is 4.63. The first-order valence-electron chi connectivity index (χ1n) is 8.27. The quantitative estimate of drug-likeness (QED) is 0.734. The summed E-state index contributed by atoms with van der Waals surface area (Å²) >= 11 is 5.87. The highest BCUT2D eigenvalue weighted by Crippen LogP contribution is 2.17. The normalized spacial score (nSPS) is 19.4. The number of morpholine rings is 1. The van der Waals surface area contributed by atoms with E-state index in [2.05, 4.69) is 4.90 Å². The molecule has 0 aromatic heterocycles. The molecule has 0 aliphatic carbocycles. The summed E-state index contributed by atoms with van der Waals surface area (Å²) in [6.45, 7) is 5.31. The molecular weight excluding hydrogens is 330 g/mol. The Morgan fingerprint density at radius 2 is 1.75 bits per heavy atom. The van der Waals surface area contributed by atoms with Crippen molar-refractivity contribution in [2.45, 2.75) is 13.0 Å². The van der Waals surface area contributed by atoms with Crippen LogP contribution in [0.15, 0.2) is 24.3 Å². The molecule has 1 aromatic carbocycles. The first kappa shape index (κ1) is 17.2. The third-order valence-electron chi connectivity index (χ3n) is 4.38. The first-order chi connectivity index (χ1) is 11.6. The van der Waals surface area contributed by atoms with Gasteiger partial charge in [0.1, 0.15) is 6.54 Å². The Hall–Kier alpha value is -1.63. The molecule has 2 heterocycles. The van der Waals surface area contributed by atoms with Gasteiger partial charge in [0.05, 0.1) is 13.2 Å². The zero-order valence-corrected chi connectivity index (χ0v) is 14.4. The number of ether oxygens (including phenoxy) is 1. The number of nitrogens with zero attached hydrogens (tertiary/aromatic N) is 3. The minimum atomic E-state index is -0.197. The highest BCUT2D eigenvalue weighted by Gasteiger charge is 2.35. The second-order valence-corrected chi connectivity index (χ2v) is 6.55. The predicted molar refractivity (Wildman–Crippen MR) is 90.8 cm³/mol. The summed E-state index contributed by atoms with van der Waals surface area (Å²) in [4.78, 5) is 29.8. The van der Waals surface area contributed by atoms with Crippen molar-refractivity contribution in [2.24, 2.45) is 0 Å². The predicted octanol–water partition coefficient (Wildman–Crippen LogP) is 1.83. The molecule has 2 aliphatic rings. The van der Waals surface area contributed by atoms with Crippen LogP contribution in [-0.4, -0.2) is 72.6 Å². The van der Waals surface area contributed by atoms with E-state index in [9.17, 15) is 9.59 Å². The summed E-state index contributed by atoms with van der Waals surface area (Å²) in [7, 11) is 0. The second kappa shape index (κ2) is 7.96. The van der Waals surface area contributed by atoms with Crippen LogP contribution in [0.2, 0.25) is 5.02 Å². The fraction of sp³-hybridized carbons (Fsp3) is 0.529. The molecule has 7 heteroatoms. The average molecular weight is 352 g/mol. The van der Waals surface area contributed by atoms with Gasteiger partial charge in [0.2, 0.25) is 5.91 Å². The van der Waals surface area contributed by atoms with Gasteiger partial charge >= 0.3 is 6.03 Å². The summed E-state index contributed by atoms with van der Waals surface area (Å²) in [5.74, 6) is -0.115. The van der Waals surface area contributed by atoms with Gasteiger partial charge in [-0.25, -0.2) is 4.79 Å². The molecule has 1 aromatic rings. The van der Waals surface area contributed by atoms with E-state index >= 15 is 0 Å². The Bertz CT molecular complexity index is 587. The van der Waals surface area contributed by atoms with E-state index in [0.29, 0.717) is 18.1 Å². The van der Waals surface area contributed by atoms with Gasteiger partial charge in [-0.05, 0) is 24.1 Å². The van der Waals surface area contributed by atoms with E-state index in [1.807, 2.05) is 12.1 Å². The van der Waals surface area contributed by atoms with E-state index in [0.717, 1.165) is 44.8 Å². The monoisotopic (exact) mass is 351 g/mol. The van der Waals surface area contributed by atoms with E-state index in [-0.39, 0.29) is 18.5 Å². The van der Waals surface area contributed by atoms with Gasteiger partial charge in [-0.3, -0.25) is 14.6 Å². The van der Waals surface area contributed by atoms with Gasteiger partial charge in [-0.15, -0.1) is 0 Å². The number of carbonyl (C=O) groups excluding carboxylic acids is 2. The fourth-order valence-corrected chi connectivity index (χ4v) is 3.15. The first-order valence-corrected chi connectivity index (χ1v) is 8.65. The highest BCUT2D eigenvalue weighted by atomic mass is 35.5. The maximum atomic E-state index is 12.4. The van der Waals surface area contributed by atoms with Crippen LogP contribution in [0.4, 0.5) is 4.79 Å². The molecule has 2 fully saturated rings. The summed E-state index contributed by atoms with van der Waals surface area (Å²) in [6.07, 6.45) is 0.798. The fourth-order valence-electron chi connectivity index (χ4n) is 3.02. The largest absolute Gasteiger partial charge is 0.379 e. The minimum absolute atomic E-state index is 0.115. The molecule has 0 saturated carbocycles. The van der Waals surface area contributed by atoms with Crippen LogP contribution in [0, 0.1) is 0 Å². The number of halogens is 1. The topological polar surface area (TPSA) is 53.1 Å². The van der Waals surface area contributed by atoms with Crippen LogP contribution in [0.3, 0.4) is 0 Å². The third kappa shape index (κ3) is 4.26. The number of imide groups is 1. The molecular formula is C17H22ClN3O3. The molecule has 3 rings (SSSR count). The smallest absolute Gasteiger partial charge is 0.327 e. The number of hydrogen-bond acceptors (Lipinski definition) is 4. The van der Waals surface area contributed by atoms with Gasteiger partial charge < -0.3 is 9.64 Å². The van der Waals surface area contributed by atoms with Gasteiger partial charge in [-0.2, -0.15) is 0 Å². The van der Waals surface area contributed by atoms with Gasteiger partial charge in [0.15, 0.2) is 0 Å². The van der Waals surface area contributed by atoms with Crippen molar-refractivity contribution < 1.29 is 14.3 Å². The summed E-state index contributed by atoms with van der Waals surface area (Å²) in [5, 5.41) is 0.660. The number of rotatable bonds is 6. The van der Waals surface area contributed by atoms with E-state index in [1.165, 1.54) is 4.90 Å². The van der Waals surface area contributed by atoms with Crippen LogP contribution in [-0.2, 0) is 16.1 Å². The van der Waals surface area contributed by atoms with Crippen molar-refractivity contribution in [3.63, 3.8) is 0 Å². The zero-order valence-electron chi connectivity index (χ0n) is 13.6. The molecule has 0 spiro atoms. The number of carbonyl (C=O) groups is 2. The van der Waals surface area contributed by atoms with Crippen molar-refractivity contribution in [2.75, 3.05) is 45.9 Å². The van der Waals surface area contributed by atoms with Crippen LogP contribution >= 0.6 is 11.6 Å². The van der Waals surface area contributed by atoms with Crippen molar-refractivity contribution >= 4 is 23.5 Å². The van der Waals surface area contributed by atoms with Crippen LogP contribution in [0.1, 0.15) is 12.0 Å². The van der Waals surface area contributed by atoms with E-state index in [1.54, 1.807) is 17.0 Å². The minimum Gasteiger partial charge on any atom is -0.379 e. The van der Waals surface area contributed by atoms with E-state index in [4.69, 9.17) is 16.3 Å². The number of hydrogen-bond donors (Lipinski definition) is 0.